The third-order valence-corrected chi connectivity index (χ3v) is 8.15. The zero-order valence-electron chi connectivity index (χ0n) is 16.3. The molecule has 0 aliphatic heterocycles. The van der Waals surface area contributed by atoms with Gasteiger partial charge in [0.05, 0.1) is 8.68 Å². The molecule has 1 amide bonds. The first-order chi connectivity index (χ1) is 13.8. The molecule has 0 radical (unpaired) electrons. The van der Waals surface area contributed by atoms with Crippen molar-refractivity contribution >= 4 is 55.0 Å². The Balaban J connectivity index is 1.65. The lowest BCUT2D eigenvalue weighted by Gasteiger charge is -2.18. The first-order valence-electron chi connectivity index (χ1n) is 9.69. The zero-order valence-corrected chi connectivity index (χ0v) is 19.5. The van der Waals surface area contributed by atoms with E-state index in [0.29, 0.717) is 5.69 Å². The van der Waals surface area contributed by atoms with Gasteiger partial charge in [0, 0.05) is 29.7 Å². The van der Waals surface area contributed by atoms with Crippen LogP contribution >= 0.6 is 27.3 Å². The molecule has 1 aliphatic carbocycles. The van der Waals surface area contributed by atoms with Crippen LogP contribution in [-0.4, -0.2) is 27.4 Å². The van der Waals surface area contributed by atoms with Gasteiger partial charge in [-0.05, 0) is 71.2 Å². The minimum absolute atomic E-state index is 0.00820. The van der Waals surface area contributed by atoms with Gasteiger partial charge in [-0.25, -0.2) is 13.1 Å². The van der Waals surface area contributed by atoms with Gasteiger partial charge in [0.1, 0.15) is 0 Å². The maximum atomic E-state index is 12.7. The maximum Gasteiger partial charge on any atom is 0.250 e. The molecule has 0 saturated heterocycles. The van der Waals surface area contributed by atoms with E-state index >= 15 is 0 Å². The monoisotopic (exact) mass is 496 g/mol. The molecule has 0 unspecified atom stereocenters. The summed E-state index contributed by atoms with van der Waals surface area (Å²) in [7, 11) is -1.88. The Morgan fingerprint density at radius 3 is 2.34 bits per heavy atom. The predicted octanol–water partition coefficient (Wildman–Crippen LogP) is 5.19. The minimum atomic E-state index is -3.55. The molecule has 29 heavy (non-hydrogen) atoms. The maximum absolute atomic E-state index is 12.7. The molecule has 1 aliphatic rings. The van der Waals surface area contributed by atoms with Gasteiger partial charge in [0.15, 0.2) is 0 Å². The summed E-state index contributed by atoms with van der Waals surface area (Å²) in [6, 6.07) is 10.3. The van der Waals surface area contributed by atoms with Gasteiger partial charge >= 0.3 is 0 Å². The second kappa shape index (κ2) is 10.0. The Kier molecular flexibility index (Phi) is 7.67. The third-order valence-electron chi connectivity index (χ3n) is 5.03. The smallest absolute Gasteiger partial charge is 0.250 e. The summed E-state index contributed by atoms with van der Waals surface area (Å²) in [6.45, 7) is 0. The second-order valence-corrected chi connectivity index (χ2v) is 11.4. The predicted molar refractivity (Wildman–Crippen MR) is 123 cm³/mol. The highest BCUT2D eigenvalue weighted by Crippen LogP contribution is 2.24. The van der Waals surface area contributed by atoms with Crippen molar-refractivity contribution in [3.05, 3.63) is 51.1 Å². The molecule has 8 heteroatoms. The van der Waals surface area contributed by atoms with Crippen LogP contribution in [0, 0.1) is 0 Å². The average molecular weight is 497 g/mol. The molecule has 1 aromatic carbocycles. The number of likely N-dealkylation sites (N-methyl/N-ethyl adjacent to an activating group) is 1. The lowest BCUT2D eigenvalue weighted by atomic mass is 10.1. The number of rotatable bonds is 6. The number of halogens is 1. The Labute approximate surface area is 185 Å². The van der Waals surface area contributed by atoms with Crippen LogP contribution in [0.3, 0.4) is 0 Å². The molecule has 3 rings (SSSR count). The SMILES string of the molecule is CN(C(=O)/C=C/c1ccc(Br)s1)c1ccc(S(=O)(=O)NC2CCCCCC2)cc1. The lowest BCUT2D eigenvalue weighted by molar-refractivity contribution is -0.113. The van der Waals surface area contributed by atoms with Crippen LogP contribution in [0.15, 0.2) is 51.2 Å². The normalized spacial score (nSPS) is 16.1. The van der Waals surface area contributed by atoms with Crippen LogP contribution in [-0.2, 0) is 14.8 Å². The number of nitrogens with zero attached hydrogens (tertiary/aromatic N) is 1. The summed E-state index contributed by atoms with van der Waals surface area (Å²) < 4.78 is 29.2. The second-order valence-electron chi connectivity index (χ2n) is 7.18. The van der Waals surface area contributed by atoms with Crippen LogP contribution in [0.4, 0.5) is 5.69 Å². The van der Waals surface area contributed by atoms with Crippen LogP contribution in [0.1, 0.15) is 43.4 Å². The molecule has 5 nitrogen and oxygen atoms in total. The molecule has 1 saturated carbocycles. The largest absolute Gasteiger partial charge is 0.312 e. The molecule has 2 aromatic rings. The number of hydrogen-bond donors (Lipinski definition) is 1. The molecule has 156 valence electrons. The molecule has 1 fully saturated rings. The van der Waals surface area contributed by atoms with Crippen molar-refractivity contribution in [3.63, 3.8) is 0 Å². The van der Waals surface area contributed by atoms with Gasteiger partial charge in [-0.15, -0.1) is 11.3 Å². The Morgan fingerprint density at radius 1 is 1.10 bits per heavy atom. The third kappa shape index (κ3) is 6.25. The number of sulfonamides is 1. The van der Waals surface area contributed by atoms with Crippen LogP contribution in [0.25, 0.3) is 6.08 Å². The number of nitrogens with one attached hydrogen (secondary N) is 1. The quantitative estimate of drug-likeness (QED) is 0.442. The van der Waals surface area contributed by atoms with E-state index in [2.05, 4.69) is 20.7 Å². The summed E-state index contributed by atoms with van der Waals surface area (Å²) >= 11 is 4.94. The molecule has 1 aromatic heterocycles. The van der Waals surface area contributed by atoms with Gasteiger partial charge in [0.2, 0.25) is 10.0 Å². The van der Waals surface area contributed by atoms with Gasteiger partial charge in [-0.1, -0.05) is 25.7 Å². The highest BCUT2D eigenvalue weighted by molar-refractivity contribution is 9.11. The van der Waals surface area contributed by atoms with E-state index < -0.39 is 10.0 Å². The van der Waals surface area contributed by atoms with Gasteiger partial charge in [0.25, 0.3) is 5.91 Å². The molecule has 0 spiro atoms. The Bertz CT molecular complexity index is 960. The lowest BCUT2D eigenvalue weighted by Crippen LogP contribution is -2.34. The zero-order chi connectivity index (χ0) is 20.9. The summed E-state index contributed by atoms with van der Waals surface area (Å²) in [4.78, 5) is 15.1. The van der Waals surface area contributed by atoms with Crippen molar-refractivity contribution in [3.8, 4) is 0 Å². The Morgan fingerprint density at radius 2 is 1.76 bits per heavy atom. The number of carbonyl (C=O) groups is 1. The van der Waals surface area contributed by atoms with E-state index in [1.54, 1.807) is 48.7 Å². The van der Waals surface area contributed by atoms with Crippen molar-refractivity contribution in [2.24, 2.45) is 0 Å². The molecular weight excluding hydrogens is 472 g/mol. The molecule has 1 heterocycles. The first kappa shape index (κ1) is 22.2. The first-order valence-corrected chi connectivity index (χ1v) is 12.8. The van der Waals surface area contributed by atoms with Crippen molar-refractivity contribution < 1.29 is 13.2 Å². The van der Waals surface area contributed by atoms with Crippen molar-refractivity contribution in [2.45, 2.75) is 49.5 Å². The van der Waals surface area contributed by atoms with E-state index in [9.17, 15) is 13.2 Å². The van der Waals surface area contributed by atoms with Crippen LogP contribution in [0.2, 0.25) is 0 Å². The number of hydrogen-bond acceptors (Lipinski definition) is 4. The van der Waals surface area contributed by atoms with E-state index in [0.717, 1.165) is 34.3 Å². The Hall–Kier alpha value is -1.48. The molecule has 1 N–H and O–H groups in total. The number of carbonyl (C=O) groups excluding carboxylic acids is 1. The fourth-order valence-corrected chi connectivity index (χ4v) is 5.98. The fraction of sp³-hybridized carbons (Fsp3) is 0.381. The summed E-state index contributed by atoms with van der Waals surface area (Å²) in [5.74, 6) is -0.179. The van der Waals surface area contributed by atoms with Gasteiger partial charge < -0.3 is 4.90 Å². The van der Waals surface area contributed by atoms with Gasteiger partial charge in [-0.2, -0.15) is 0 Å². The standard InChI is InChI=1S/C21H25BrN2O3S2/c1-24(21(25)15-11-18-10-14-20(22)28-18)17-8-12-19(13-9-17)29(26,27)23-16-6-4-2-3-5-7-16/h8-16,23H,2-7H2,1H3/b15-11+. The summed E-state index contributed by atoms with van der Waals surface area (Å²) in [5.41, 5.74) is 0.639. The van der Waals surface area contributed by atoms with Crippen molar-refractivity contribution in [2.75, 3.05) is 11.9 Å². The van der Waals surface area contributed by atoms with Gasteiger partial charge in [-0.3, -0.25) is 4.79 Å². The number of anilines is 1. The highest BCUT2D eigenvalue weighted by Gasteiger charge is 2.21. The van der Waals surface area contributed by atoms with Crippen molar-refractivity contribution in [1.82, 2.24) is 4.72 Å². The molecular formula is C21H25BrN2O3S2. The minimum Gasteiger partial charge on any atom is -0.312 e. The van der Waals surface area contributed by atoms with Crippen LogP contribution in [0.5, 0.6) is 0 Å². The number of benzene rings is 1. The van der Waals surface area contributed by atoms with Crippen molar-refractivity contribution in [1.29, 1.82) is 0 Å². The molecule has 0 bridgehead atoms. The van der Waals surface area contributed by atoms with E-state index in [-0.39, 0.29) is 16.8 Å². The van der Waals surface area contributed by atoms with E-state index in [1.807, 2.05) is 12.1 Å². The van der Waals surface area contributed by atoms with E-state index in [4.69, 9.17) is 0 Å². The average Bonchev–Trinajstić information content (AvgIpc) is 2.95. The number of thiophene rings is 1. The topological polar surface area (TPSA) is 66.5 Å². The summed E-state index contributed by atoms with van der Waals surface area (Å²) in [6.07, 6.45) is 9.53. The van der Waals surface area contributed by atoms with Crippen LogP contribution < -0.4 is 9.62 Å². The molecule has 0 atom stereocenters. The fourth-order valence-electron chi connectivity index (χ4n) is 3.34. The highest BCUT2D eigenvalue weighted by atomic mass is 79.9. The van der Waals surface area contributed by atoms with E-state index in [1.165, 1.54) is 23.8 Å². The number of amides is 1. The summed E-state index contributed by atoms with van der Waals surface area (Å²) in [5, 5.41) is 0.